The van der Waals surface area contributed by atoms with Gasteiger partial charge in [0.1, 0.15) is 18.5 Å². The summed E-state index contributed by atoms with van der Waals surface area (Å²) < 4.78 is 22.2. The number of ketones is 2. The summed E-state index contributed by atoms with van der Waals surface area (Å²) in [7, 11) is 0. The Morgan fingerprint density at radius 1 is 0.921 bits per heavy atom. The van der Waals surface area contributed by atoms with E-state index in [9.17, 15) is 58.2 Å². The molecule has 4 aromatic rings. The predicted octanol–water partition coefficient (Wildman–Crippen LogP) is 2.46. The van der Waals surface area contributed by atoms with E-state index < -0.39 is 95.8 Å². The number of amides is 6. The van der Waals surface area contributed by atoms with Crippen LogP contribution >= 0.6 is 0 Å². The van der Waals surface area contributed by atoms with Gasteiger partial charge in [-0.2, -0.15) is 0 Å². The van der Waals surface area contributed by atoms with Crippen molar-refractivity contribution in [2.75, 3.05) is 26.2 Å². The second-order valence-corrected chi connectivity index (χ2v) is 20.2. The Bertz CT molecular complexity index is 3100. The number of aryl methyl sites for hydroxylation is 1. The lowest BCUT2D eigenvalue weighted by atomic mass is 9.81. The van der Waals surface area contributed by atoms with Crippen LogP contribution in [-0.2, 0) is 79.5 Å². The number of Topliss-reactive ketones (excluding diaryl/α,β-unsaturated/α-hetero) is 2. The van der Waals surface area contributed by atoms with E-state index in [1.54, 1.807) is 57.2 Å². The van der Waals surface area contributed by atoms with Crippen molar-refractivity contribution in [1.82, 2.24) is 35.7 Å². The number of hydrogen-bond donors (Lipinski definition) is 6. The van der Waals surface area contributed by atoms with Crippen molar-refractivity contribution in [1.29, 1.82) is 0 Å². The van der Waals surface area contributed by atoms with Crippen LogP contribution in [0.3, 0.4) is 0 Å². The first-order valence-electron chi connectivity index (χ1n) is 25.8. The first kappa shape index (κ1) is 54.7. The van der Waals surface area contributed by atoms with Gasteiger partial charge in [-0.1, -0.05) is 50.6 Å². The molecular formula is C55H62FN7O13. The third-order valence-corrected chi connectivity index (χ3v) is 15.0. The number of imide groups is 1. The Balaban J connectivity index is 0.861. The number of hydrogen-bond acceptors (Lipinski definition) is 14. The summed E-state index contributed by atoms with van der Waals surface area (Å²) in [5.41, 5.74) is 1.74. The number of aliphatic hydroxyl groups excluding tert-OH is 1. The predicted molar refractivity (Wildman–Crippen MR) is 270 cm³/mol. The molecule has 2 aromatic heterocycles. The molecule has 0 spiro atoms. The van der Waals surface area contributed by atoms with Gasteiger partial charge in [0.15, 0.2) is 17.2 Å². The van der Waals surface area contributed by atoms with E-state index in [0.29, 0.717) is 76.6 Å². The van der Waals surface area contributed by atoms with E-state index in [1.165, 1.54) is 15.5 Å². The second kappa shape index (κ2) is 23.2. The van der Waals surface area contributed by atoms with Crippen LogP contribution in [0.4, 0.5) is 4.39 Å². The van der Waals surface area contributed by atoms with Gasteiger partial charge in [0.05, 0.1) is 54.8 Å². The van der Waals surface area contributed by atoms with E-state index in [2.05, 4.69) is 21.3 Å². The number of nitrogens with zero attached hydrogens (tertiary/aromatic N) is 3. The summed E-state index contributed by atoms with van der Waals surface area (Å²) in [6, 6.07) is 9.84. The monoisotopic (exact) mass is 1050 g/mol. The molecule has 76 heavy (non-hydrogen) atoms. The van der Waals surface area contributed by atoms with Crippen molar-refractivity contribution in [2.45, 2.75) is 129 Å². The summed E-state index contributed by atoms with van der Waals surface area (Å²) in [6.45, 7) is 3.29. The summed E-state index contributed by atoms with van der Waals surface area (Å²) in [5.74, 6) is -6.48. The van der Waals surface area contributed by atoms with E-state index in [1.807, 2.05) is 0 Å². The first-order chi connectivity index (χ1) is 36.3. The van der Waals surface area contributed by atoms with Gasteiger partial charge in [0.25, 0.3) is 5.56 Å². The average Bonchev–Trinajstić information content (AvgIpc) is 3.97. The quantitative estimate of drug-likeness (QED) is 0.0312. The number of rotatable bonds is 23. The largest absolute Gasteiger partial charge is 0.458 e. The van der Waals surface area contributed by atoms with Crippen molar-refractivity contribution in [3.63, 3.8) is 0 Å². The Labute approximate surface area is 436 Å². The molecular weight excluding hydrogens is 986 g/mol. The van der Waals surface area contributed by atoms with Crippen LogP contribution in [0.1, 0.15) is 123 Å². The van der Waals surface area contributed by atoms with Gasteiger partial charge in [-0.05, 0) is 73.8 Å². The normalized spacial score (nSPS) is 19.0. The molecule has 1 fully saturated rings. The van der Waals surface area contributed by atoms with Gasteiger partial charge in [0, 0.05) is 73.1 Å². The van der Waals surface area contributed by atoms with Gasteiger partial charge >= 0.3 is 5.97 Å². The van der Waals surface area contributed by atoms with Crippen LogP contribution < -0.4 is 26.8 Å². The zero-order chi connectivity index (χ0) is 54.6. The van der Waals surface area contributed by atoms with Crippen LogP contribution in [0.2, 0.25) is 0 Å². The maximum atomic E-state index is 15.5. The van der Waals surface area contributed by atoms with E-state index >= 15 is 4.39 Å². The molecule has 2 aromatic carbocycles. The molecule has 3 aliphatic heterocycles. The average molecular weight is 1050 g/mol. The van der Waals surface area contributed by atoms with Gasteiger partial charge in [-0.3, -0.25) is 48.1 Å². The fraction of sp³-hybridized carbons (Fsp3) is 0.473. The number of fused-ring (bicyclic) bond motifs is 5. The number of ether oxygens (including phenoxy) is 1. The number of cyclic esters (lactones) is 1. The Morgan fingerprint density at radius 3 is 2.39 bits per heavy atom. The maximum absolute atomic E-state index is 15.5. The zero-order valence-corrected chi connectivity index (χ0v) is 42.7. The van der Waals surface area contributed by atoms with Gasteiger partial charge in [0.2, 0.25) is 35.4 Å². The molecule has 1 unspecified atom stereocenters. The van der Waals surface area contributed by atoms with E-state index in [-0.39, 0.29) is 93.5 Å². The number of halogens is 1. The molecule has 0 saturated carbocycles. The molecule has 20 nitrogen and oxygen atoms in total. The lowest BCUT2D eigenvalue weighted by Crippen LogP contribution is -2.44. The third-order valence-electron chi connectivity index (χ3n) is 15.0. The maximum Gasteiger partial charge on any atom is 0.343 e. The lowest BCUT2D eigenvalue weighted by molar-refractivity contribution is -0.172. The number of esters is 1. The second-order valence-electron chi connectivity index (χ2n) is 20.2. The SMILES string of the molecule is CC[C@@]1(O)C(=O)OCc2c1cc1n(c2=O)Cc2c-1nc1cc(F)c(C)c3c1c2[C@@H](NC(=O)CNC(=O)[C@@H](CC(=O)CNC(=O)CCC(=O)[C@H](CO)NC(=O)CCCCCN1C(=O)CC(C)C1=O)Cc1ccccc1)CC3. The van der Waals surface area contributed by atoms with Gasteiger partial charge in [-0.25, -0.2) is 14.2 Å². The molecule has 6 N–H and O–H groups in total. The molecule has 5 heterocycles. The van der Waals surface area contributed by atoms with Crippen molar-refractivity contribution < 1.29 is 62.5 Å². The molecule has 8 rings (SSSR count). The minimum Gasteiger partial charge on any atom is -0.458 e. The highest BCUT2D eigenvalue weighted by Crippen LogP contribution is 2.46. The highest BCUT2D eigenvalue weighted by atomic mass is 19.1. The summed E-state index contributed by atoms with van der Waals surface area (Å²) in [6.07, 6.45) is 1.48. The molecule has 1 saturated heterocycles. The van der Waals surface area contributed by atoms with Crippen molar-refractivity contribution in [2.24, 2.45) is 11.8 Å². The van der Waals surface area contributed by atoms with Crippen LogP contribution in [0.5, 0.6) is 0 Å². The molecule has 402 valence electrons. The molecule has 1 aliphatic carbocycles. The molecule has 6 amide bonds. The van der Waals surface area contributed by atoms with Crippen LogP contribution in [0.25, 0.3) is 22.3 Å². The smallest absolute Gasteiger partial charge is 0.343 e. The van der Waals surface area contributed by atoms with E-state index in [4.69, 9.17) is 9.72 Å². The number of aliphatic hydroxyl groups is 2. The van der Waals surface area contributed by atoms with Crippen LogP contribution in [0, 0.1) is 24.6 Å². The number of carbonyl (C=O) groups is 9. The summed E-state index contributed by atoms with van der Waals surface area (Å²) in [4.78, 5) is 136. The first-order valence-corrected chi connectivity index (χ1v) is 25.8. The fourth-order valence-corrected chi connectivity index (χ4v) is 10.8. The Morgan fingerprint density at radius 2 is 1.68 bits per heavy atom. The van der Waals surface area contributed by atoms with Crippen molar-refractivity contribution in [3.8, 4) is 11.4 Å². The minimum absolute atomic E-state index is 0.0312. The van der Waals surface area contributed by atoms with Gasteiger partial charge in [-0.15, -0.1) is 0 Å². The summed E-state index contributed by atoms with van der Waals surface area (Å²) in [5, 5.41) is 32.5. The molecule has 4 aliphatic rings. The Hall–Kier alpha value is -7.52. The number of nitrogens with one attached hydrogen (secondary N) is 4. The fourth-order valence-electron chi connectivity index (χ4n) is 10.8. The highest BCUT2D eigenvalue weighted by molar-refractivity contribution is 6.03. The van der Waals surface area contributed by atoms with Crippen molar-refractivity contribution in [3.05, 3.63) is 97.6 Å². The van der Waals surface area contributed by atoms with Crippen LogP contribution in [0.15, 0.2) is 47.3 Å². The molecule has 0 bridgehead atoms. The molecule has 0 radical (unpaired) electrons. The van der Waals surface area contributed by atoms with Crippen LogP contribution in [-0.4, -0.2) is 110 Å². The number of likely N-dealkylation sites (tertiary alicyclic amines) is 1. The number of pyridine rings is 2. The topological polar surface area (TPSA) is 290 Å². The molecule has 21 heteroatoms. The number of aromatic nitrogens is 2. The highest BCUT2D eigenvalue weighted by Gasteiger charge is 2.46. The Kier molecular flexibility index (Phi) is 16.7. The van der Waals surface area contributed by atoms with Crippen molar-refractivity contribution >= 4 is 63.9 Å². The number of carbonyl (C=O) groups excluding carboxylic acids is 9. The standard InChI is InChI=1S/C55H62FN7O13/c1-4-55(75)37-22-42-50-35(26-63(42)53(73)36(37)28-76-54(55)74)49-39(15-14-34-30(3)38(56)23-40(61-50)48(34)49)59-46(69)25-58-51(71)32(20-31-11-7-5-8-12-31)21-33(65)24-57-44(67)17-16-43(66)41(27-64)60-45(68)13-9-6-10-18-62-47(70)19-29(2)52(62)72/h5,7-8,11-12,22-23,29,32,39,41,64,75H,4,6,9-10,13-21,24-28H2,1-3H3,(H,57,67)(H,58,71)(H,59,69)(H,60,68)/t29?,32-,39+,41+,55+/m1/s1. The van der Waals surface area contributed by atoms with E-state index in [0.717, 1.165) is 5.56 Å². The third kappa shape index (κ3) is 11.3. The number of benzene rings is 2. The lowest BCUT2D eigenvalue weighted by Gasteiger charge is -2.31. The van der Waals surface area contributed by atoms with Gasteiger partial charge < -0.3 is 40.8 Å². The minimum atomic E-state index is -2.07. The number of unbranched alkanes of at least 4 members (excludes halogenated alkanes) is 2. The summed E-state index contributed by atoms with van der Waals surface area (Å²) >= 11 is 0. The molecule has 5 atom stereocenters. The zero-order valence-electron chi connectivity index (χ0n) is 42.7.